The highest BCUT2D eigenvalue weighted by Crippen LogP contribution is 2.44. The van der Waals surface area contributed by atoms with Gasteiger partial charge in [-0.2, -0.15) is 0 Å². The van der Waals surface area contributed by atoms with Crippen molar-refractivity contribution in [3.63, 3.8) is 0 Å². The van der Waals surface area contributed by atoms with E-state index in [4.69, 9.17) is 18.9 Å². The van der Waals surface area contributed by atoms with E-state index in [1.807, 2.05) is 37.3 Å². The molecule has 0 saturated carbocycles. The van der Waals surface area contributed by atoms with Crippen LogP contribution in [-0.2, 0) is 13.1 Å². The van der Waals surface area contributed by atoms with Gasteiger partial charge in [-0.05, 0) is 55.0 Å². The maximum atomic E-state index is 13.3. The van der Waals surface area contributed by atoms with Crippen molar-refractivity contribution in [2.24, 2.45) is 0 Å². The van der Waals surface area contributed by atoms with Crippen LogP contribution in [0.25, 0.3) is 6.08 Å². The number of carbonyl (C=O) groups excluding carboxylic acids is 1. The zero-order chi connectivity index (χ0) is 22.9. The molecule has 0 aliphatic carbocycles. The minimum atomic E-state index is -0.156. The number of Topliss-reactive ketones (excluding diaryl/α,β-unsaturated/α-hetero) is 1. The van der Waals surface area contributed by atoms with Gasteiger partial charge in [0.2, 0.25) is 5.78 Å². The Bertz CT molecular complexity index is 1250. The molecular weight excluding hydrogens is 420 g/mol. The van der Waals surface area contributed by atoms with Crippen LogP contribution in [0.4, 0.5) is 0 Å². The fourth-order valence-corrected chi connectivity index (χ4v) is 4.19. The van der Waals surface area contributed by atoms with Gasteiger partial charge in [0.25, 0.3) is 0 Å². The van der Waals surface area contributed by atoms with Crippen LogP contribution >= 0.6 is 0 Å². The molecule has 168 valence electrons. The van der Waals surface area contributed by atoms with Gasteiger partial charge in [-0.15, -0.1) is 0 Å². The van der Waals surface area contributed by atoms with E-state index in [1.54, 1.807) is 38.6 Å². The monoisotopic (exact) mass is 444 g/mol. The minimum absolute atomic E-state index is 0.156. The van der Waals surface area contributed by atoms with Gasteiger partial charge >= 0.3 is 0 Å². The Morgan fingerprint density at radius 1 is 1.15 bits per heavy atom. The number of allylic oxidation sites excluding steroid dienone is 1. The summed E-state index contributed by atoms with van der Waals surface area (Å²) >= 11 is 0. The van der Waals surface area contributed by atoms with E-state index in [2.05, 4.69) is 9.88 Å². The summed E-state index contributed by atoms with van der Waals surface area (Å²) in [7, 11) is 3.18. The second-order valence-corrected chi connectivity index (χ2v) is 8.00. The molecule has 0 fully saturated rings. The van der Waals surface area contributed by atoms with Crippen LogP contribution in [-0.4, -0.2) is 36.6 Å². The lowest BCUT2D eigenvalue weighted by atomic mass is 9.98. The molecule has 2 aliphatic heterocycles. The lowest BCUT2D eigenvalue weighted by Crippen LogP contribution is -2.32. The van der Waals surface area contributed by atoms with Crippen molar-refractivity contribution in [3.8, 4) is 23.0 Å². The van der Waals surface area contributed by atoms with E-state index in [0.29, 0.717) is 48.2 Å². The van der Waals surface area contributed by atoms with Crippen LogP contribution in [0.5, 0.6) is 23.0 Å². The number of rotatable bonds is 5. The van der Waals surface area contributed by atoms with E-state index in [9.17, 15) is 4.79 Å². The summed E-state index contributed by atoms with van der Waals surface area (Å²) in [5.74, 6) is 2.69. The molecule has 0 spiro atoms. The van der Waals surface area contributed by atoms with Crippen LogP contribution in [0, 0.1) is 6.92 Å². The summed E-state index contributed by atoms with van der Waals surface area (Å²) in [4.78, 5) is 19.8. The molecule has 0 radical (unpaired) electrons. The largest absolute Gasteiger partial charge is 0.497 e. The molecule has 33 heavy (non-hydrogen) atoms. The van der Waals surface area contributed by atoms with Crippen molar-refractivity contribution in [1.82, 2.24) is 9.88 Å². The van der Waals surface area contributed by atoms with Crippen LogP contribution in [0.1, 0.15) is 32.7 Å². The lowest BCUT2D eigenvalue weighted by Gasteiger charge is -2.29. The summed E-state index contributed by atoms with van der Waals surface area (Å²) in [6.07, 6.45) is 3.48. The number of ketones is 1. The fraction of sp³-hybridized carbons (Fsp3) is 0.231. The highest BCUT2D eigenvalue weighted by atomic mass is 16.5. The smallest absolute Gasteiger partial charge is 0.232 e. The number of hydrogen-bond acceptors (Lipinski definition) is 7. The molecule has 7 heteroatoms. The van der Waals surface area contributed by atoms with Gasteiger partial charge in [-0.3, -0.25) is 14.7 Å². The molecule has 3 heterocycles. The molecule has 0 atom stereocenters. The first-order valence-electron chi connectivity index (χ1n) is 10.6. The maximum absolute atomic E-state index is 13.3. The SMILES string of the molecule is COc1ccc(OC)c(/C=C2\Oc3c4c(cc(C)c3C2=O)OCN(Cc2ccccn2)C4)c1. The van der Waals surface area contributed by atoms with E-state index >= 15 is 0 Å². The third kappa shape index (κ3) is 3.91. The normalized spacial score (nSPS) is 16.1. The van der Waals surface area contributed by atoms with Crippen LogP contribution in [0.3, 0.4) is 0 Å². The predicted octanol–water partition coefficient (Wildman–Crippen LogP) is 4.38. The van der Waals surface area contributed by atoms with Crippen molar-refractivity contribution in [2.45, 2.75) is 20.0 Å². The minimum Gasteiger partial charge on any atom is -0.497 e. The molecule has 2 aliphatic rings. The van der Waals surface area contributed by atoms with Gasteiger partial charge in [0.1, 0.15) is 29.7 Å². The highest BCUT2D eigenvalue weighted by molar-refractivity contribution is 6.16. The number of ether oxygens (including phenoxy) is 4. The zero-order valence-electron chi connectivity index (χ0n) is 18.8. The average molecular weight is 444 g/mol. The summed E-state index contributed by atoms with van der Waals surface area (Å²) in [5, 5.41) is 0. The Labute approximate surface area is 192 Å². The summed E-state index contributed by atoms with van der Waals surface area (Å²) in [6, 6.07) is 13.2. The molecule has 0 N–H and O–H groups in total. The molecule has 2 aromatic carbocycles. The third-order valence-corrected chi connectivity index (χ3v) is 5.82. The van der Waals surface area contributed by atoms with Crippen LogP contribution < -0.4 is 18.9 Å². The summed E-state index contributed by atoms with van der Waals surface area (Å²) in [6.45, 7) is 3.58. The zero-order valence-corrected chi connectivity index (χ0v) is 18.8. The summed E-state index contributed by atoms with van der Waals surface area (Å²) < 4.78 is 23.0. The Morgan fingerprint density at radius 3 is 2.79 bits per heavy atom. The van der Waals surface area contributed by atoms with Crippen LogP contribution in [0.2, 0.25) is 0 Å². The topological polar surface area (TPSA) is 70.1 Å². The molecule has 0 unspecified atom stereocenters. The van der Waals surface area contributed by atoms with E-state index in [1.165, 1.54) is 0 Å². The van der Waals surface area contributed by atoms with Gasteiger partial charge in [-0.1, -0.05) is 6.07 Å². The first-order chi connectivity index (χ1) is 16.1. The number of fused-ring (bicyclic) bond motifs is 3. The molecule has 0 amide bonds. The molecule has 0 saturated heterocycles. The second-order valence-electron chi connectivity index (χ2n) is 8.00. The maximum Gasteiger partial charge on any atom is 0.232 e. The number of pyridine rings is 1. The van der Waals surface area contributed by atoms with Crippen molar-refractivity contribution in [3.05, 3.63) is 82.4 Å². The lowest BCUT2D eigenvalue weighted by molar-refractivity contribution is 0.0861. The van der Waals surface area contributed by atoms with Crippen LogP contribution in [0.15, 0.2) is 54.4 Å². The van der Waals surface area contributed by atoms with E-state index in [-0.39, 0.29) is 11.5 Å². The van der Waals surface area contributed by atoms with Gasteiger partial charge < -0.3 is 18.9 Å². The second kappa shape index (κ2) is 8.60. The summed E-state index contributed by atoms with van der Waals surface area (Å²) in [5.41, 5.74) is 3.92. The van der Waals surface area contributed by atoms with Gasteiger partial charge in [0.05, 0.1) is 31.0 Å². The molecule has 5 rings (SSSR count). The number of methoxy groups -OCH3 is 2. The highest BCUT2D eigenvalue weighted by Gasteiger charge is 2.35. The quantitative estimate of drug-likeness (QED) is 0.541. The van der Waals surface area contributed by atoms with E-state index < -0.39 is 0 Å². The number of nitrogens with zero attached hydrogens (tertiary/aromatic N) is 2. The average Bonchev–Trinajstić information content (AvgIpc) is 3.17. The van der Waals surface area contributed by atoms with Crippen molar-refractivity contribution < 1.29 is 23.7 Å². The van der Waals surface area contributed by atoms with Gasteiger partial charge in [0, 0.05) is 24.8 Å². The molecule has 0 bridgehead atoms. The third-order valence-electron chi connectivity index (χ3n) is 5.82. The Morgan fingerprint density at radius 2 is 2.03 bits per heavy atom. The molecular formula is C26H24N2O5. The van der Waals surface area contributed by atoms with Gasteiger partial charge in [-0.25, -0.2) is 0 Å². The van der Waals surface area contributed by atoms with E-state index in [0.717, 1.165) is 22.6 Å². The first kappa shape index (κ1) is 21.0. The predicted molar refractivity (Wildman–Crippen MR) is 123 cm³/mol. The standard InChI is InChI=1S/C26H24N2O5/c1-16-10-22-20(14-28(15-32-22)13-18-6-4-5-9-27-18)26-24(16)25(29)23(33-26)12-17-11-19(30-2)7-8-21(17)31-3/h4-12H,13-15H2,1-3H3/b23-12-. The number of carbonyl (C=O) groups is 1. The van der Waals surface area contributed by atoms with Crippen molar-refractivity contribution >= 4 is 11.9 Å². The molecule has 7 nitrogen and oxygen atoms in total. The number of benzene rings is 2. The molecule has 3 aromatic rings. The number of hydrogen-bond donors (Lipinski definition) is 0. The fourth-order valence-electron chi connectivity index (χ4n) is 4.19. The number of aromatic nitrogens is 1. The van der Waals surface area contributed by atoms with Crippen molar-refractivity contribution in [2.75, 3.05) is 21.0 Å². The first-order valence-corrected chi connectivity index (χ1v) is 10.6. The number of aryl methyl sites for hydroxylation is 1. The Kier molecular flexibility index (Phi) is 5.48. The van der Waals surface area contributed by atoms with Crippen molar-refractivity contribution in [1.29, 1.82) is 0 Å². The van der Waals surface area contributed by atoms with Gasteiger partial charge in [0.15, 0.2) is 5.76 Å². The Balaban J connectivity index is 1.49. The molecule has 1 aromatic heterocycles. The Hall–Kier alpha value is -3.84.